The summed E-state index contributed by atoms with van der Waals surface area (Å²) in [5, 5.41) is 0. The summed E-state index contributed by atoms with van der Waals surface area (Å²) in [6.45, 7) is 5.54. The molecule has 1 aromatic heterocycles. The standard InChI is InChI=1S/C21H28N4O2/c26-21(19-7-2-1-6-18(19)20-22-9-10-23-20)25-11-4-3-5-17(25)8-12-24-13-15-27-16-14-24/h1-2,6-7,9-10,17H,3-5,8,11-16H2,(H,22,23). The Labute approximate surface area is 160 Å². The normalized spacial score (nSPS) is 21.3. The summed E-state index contributed by atoms with van der Waals surface area (Å²) in [5.74, 6) is 0.884. The molecule has 4 rings (SSSR count). The van der Waals surface area contributed by atoms with Crippen LogP contribution in [0.4, 0.5) is 0 Å². The van der Waals surface area contributed by atoms with Crippen molar-refractivity contribution in [2.24, 2.45) is 0 Å². The quantitative estimate of drug-likeness (QED) is 0.882. The number of carbonyl (C=O) groups excluding carboxylic acids is 1. The summed E-state index contributed by atoms with van der Waals surface area (Å²) in [6, 6.07) is 8.11. The molecule has 6 nitrogen and oxygen atoms in total. The van der Waals surface area contributed by atoms with Crippen molar-refractivity contribution in [3.05, 3.63) is 42.2 Å². The number of nitrogens with one attached hydrogen (secondary N) is 1. The number of hydrogen-bond acceptors (Lipinski definition) is 4. The SMILES string of the molecule is O=C(c1ccccc1-c1ncc[nH]1)N1CCCCC1CCN1CCOCC1. The highest BCUT2D eigenvalue weighted by atomic mass is 16.5. The third kappa shape index (κ3) is 4.22. The van der Waals surface area contributed by atoms with E-state index in [1.54, 1.807) is 12.4 Å². The molecule has 1 N–H and O–H groups in total. The fraction of sp³-hybridized carbons (Fsp3) is 0.524. The number of benzene rings is 1. The molecule has 1 atom stereocenters. The maximum atomic E-state index is 13.4. The van der Waals surface area contributed by atoms with Gasteiger partial charge in [0.1, 0.15) is 5.82 Å². The first-order chi connectivity index (χ1) is 13.3. The lowest BCUT2D eigenvalue weighted by Crippen LogP contribution is -2.46. The molecular formula is C21H28N4O2. The van der Waals surface area contributed by atoms with Crippen molar-refractivity contribution in [1.82, 2.24) is 19.8 Å². The number of morpholine rings is 1. The first kappa shape index (κ1) is 18.2. The molecule has 0 bridgehead atoms. The van der Waals surface area contributed by atoms with Crippen LogP contribution in [-0.4, -0.2) is 71.1 Å². The van der Waals surface area contributed by atoms with Gasteiger partial charge in [-0.25, -0.2) is 4.98 Å². The monoisotopic (exact) mass is 368 g/mol. The van der Waals surface area contributed by atoms with Crippen LogP contribution in [-0.2, 0) is 4.74 Å². The molecule has 0 saturated carbocycles. The van der Waals surface area contributed by atoms with Gasteiger partial charge in [-0.15, -0.1) is 0 Å². The number of nitrogens with zero attached hydrogens (tertiary/aromatic N) is 3. The molecule has 2 saturated heterocycles. The third-order valence-corrected chi connectivity index (χ3v) is 5.68. The van der Waals surface area contributed by atoms with Crippen LogP contribution < -0.4 is 0 Å². The lowest BCUT2D eigenvalue weighted by Gasteiger charge is -2.38. The van der Waals surface area contributed by atoms with E-state index in [0.29, 0.717) is 6.04 Å². The molecular weight excluding hydrogens is 340 g/mol. The maximum absolute atomic E-state index is 13.4. The van der Waals surface area contributed by atoms with E-state index >= 15 is 0 Å². The van der Waals surface area contributed by atoms with Crippen LogP contribution >= 0.6 is 0 Å². The average molecular weight is 368 g/mol. The molecule has 2 aromatic rings. The number of imidazole rings is 1. The van der Waals surface area contributed by atoms with Crippen molar-refractivity contribution in [3.63, 3.8) is 0 Å². The summed E-state index contributed by atoms with van der Waals surface area (Å²) in [4.78, 5) is 25.5. The maximum Gasteiger partial charge on any atom is 0.254 e. The molecule has 1 aromatic carbocycles. The Bertz CT molecular complexity index is 740. The highest BCUT2D eigenvalue weighted by molar-refractivity contribution is 6.00. The van der Waals surface area contributed by atoms with Crippen LogP contribution in [0.15, 0.2) is 36.7 Å². The Hall–Kier alpha value is -2.18. The Morgan fingerprint density at radius 3 is 2.85 bits per heavy atom. The molecule has 0 spiro atoms. The van der Waals surface area contributed by atoms with Crippen molar-refractivity contribution in [2.45, 2.75) is 31.7 Å². The largest absolute Gasteiger partial charge is 0.379 e. The second-order valence-electron chi connectivity index (χ2n) is 7.37. The number of aromatic amines is 1. The van der Waals surface area contributed by atoms with Crippen molar-refractivity contribution >= 4 is 5.91 Å². The van der Waals surface area contributed by atoms with Gasteiger partial charge < -0.3 is 14.6 Å². The Morgan fingerprint density at radius 2 is 2.04 bits per heavy atom. The molecule has 1 unspecified atom stereocenters. The predicted molar refractivity (Wildman–Crippen MR) is 105 cm³/mol. The van der Waals surface area contributed by atoms with Gasteiger partial charge >= 0.3 is 0 Å². The van der Waals surface area contributed by atoms with E-state index in [-0.39, 0.29) is 5.91 Å². The summed E-state index contributed by atoms with van der Waals surface area (Å²) < 4.78 is 5.44. The summed E-state index contributed by atoms with van der Waals surface area (Å²) in [6.07, 6.45) is 7.94. The van der Waals surface area contributed by atoms with E-state index in [1.165, 1.54) is 6.42 Å². The van der Waals surface area contributed by atoms with Crippen LogP contribution in [0.1, 0.15) is 36.0 Å². The van der Waals surface area contributed by atoms with Gasteiger partial charge in [-0.05, 0) is 31.7 Å². The molecule has 0 radical (unpaired) electrons. The van der Waals surface area contributed by atoms with E-state index < -0.39 is 0 Å². The average Bonchev–Trinajstić information content (AvgIpc) is 3.27. The molecule has 1 amide bonds. The van der Waals surface area contributed by atoms with E-state index in [0.717, 1.165) is 75.6 Å². The number of hydrogen-bond donors (Lipinski definition) is 1. The summed E-state index contributed by atoms with van der Waals surface area (Å²) in [5.41, 5.74) is 1.62. The number of piperidine rings is 1. The third-order valence-electron chi connectivity index (χ3n) is 5.68. The van der Waals surface area contributed by atoms with Crippen molar-refractivity contribution < 1.29 is 9.53 Å². The molecule has 27 heavy (non-hydrogen) atoms. The molecule has 0 aliphatic carbocycles. The van der Waals surface area contributed by atoms with E-state index in [9.17, 15) is 4.79 Å². The van der Waals surface area contributed by atoms with E-state index in [1.807, 2.05) is 24.3 Å². The van der Waals surface area contributed by atoms with Crippen LogP contribution in [0.25, 0.3) is 11.4 Å². The number of carbonyl (C=O) groups is 1. The zero-order chi connectivity index (χ0) is 18.5. The minimum absolute atomic E-state index is 0.133. The van der Waals surface area contributed by atoms with Gasteiger partial charge in [0.15, 0.2) is 0 Å². The van der Waals surface area contributed by atoms with Gasteiger partial charge in [-0.1, -0.05) is 18.2 Å². The second-order valence-corrected chi connectivity index (χ2v) is 7.37. The minimum Gasteiger partial charge on any atom is -0.379 e. The second kappa shape index (κ2) is 8.67. The number of likely N-dealkylation sites (tertiary alicyclic amines) is 1. The first-order valence-corrected chi connectivity index (χ1v) is 10.0. The lowest BCUT2D eigenvalue weighted by atomic mass is 9.96. The van der Waals surface area contributed by atoms with Gasteiger partial charge in [0.05, 0.1) is 18.8 Å². The van der Waals surface area contributed by atoms with Gasteiger partial charge in [-0.2, -0.15) is 0 Å². The fourth-order valence-electron chi connectivity index (χ4n) is 4.17. The van der Waals surface area contributed by atoms with Crippen molar-refractivity contribution in [2.75, 3.05) is 39.4 Å². The van der Waals surface area contributed by atoms with Crippen LogP contribution in [0.5, 0.6) is 0 Å². The lowest BCUT2D eigenvalue weighted by molar-refractivity contribution is 0.0296. The molecule has 3 heterocycles. The van der Waals surface area contributed by atoms with E-state index in [2.05, 4.69) is 19.8 Å². The van der Waals surface area contributed by atoms with Crippen LogP contribution in [0.3, 0.4) is 0 Å². The highest BCUT2D eigenvalue weighted by Crippen LogP contribution is 2.26. The molecule has 6 heteroatoms. The van der Waals surface area contributed by atoms with Crippen LogP contribution in [0, 0.1) is 0 Å². The predicted octanol–water partition coefficient (Wildman–Crippen LogP) is 2.79. The number of amides is 1. The minimum atomic E-state index is 0.133. The molecule has 144 valence electrons. The summed E-state index contributed by atoms with van der Waals surface area (Å²) in [7, 11) is 0. The van der Waals surface area contributed by atoms with E-state index in [4.69, 9.17) is 4.74 Å². The number of ether oxygens (including phenoxy) is 1. The topological polar surface area (TPSA) is 61.5 Å². The van der Waals surface area contributed by atoms with Gasteiger partial charge in [-0.3, -0.25) is 9.69 Å². The van der Waals surface area contributed by atoms with Gasteiger partial charge in [0, 0.05) is 50.2 Å². The first-order valence-electron chi connectivity index (χ1n) is 10.0. The fourth-order valence-corrected chi connectivity index (χ4v) is 4.17. The molecule has 2 fully saturated rings. The molecule has 2 aliphatic rings. The van der Waals surface area contributed by atoms with Crippen molar-refractivity contribution in [3.8, 4) is 11.4 Å². The number of aromatic nitrogens is 2. The Morgan fingerprint density at radius 1 is 1.19 bits per heavy atom. The smallest absolute Gasteiger partial charge is 0.254 e. The van der Waals surface area contributed by atoms with Gasteiger partial charge in [0.25, 0.3) is 5.91 Å². The zero-order valence-corrected chi connectivity index (χ0v) is 15.8. The number of H-pyrrole nitrogens is 1. The Balaban J connectivity index is 1.49. The number of rotatable bonds is 5. The Kier molecular flexibility index (Phi) is 5.84. The van der Waals surface area contributed by atoms with Crippen molar-refractivity contribution in [1.29, 1.82) is 0 Å². The molecule has 2 aliphatic heterocycles. The highest BCUT2D eigenvalue weighted by Gasteiger charge is 2.29. The van der Waals surface area contributed by atoms with Crippen LogP contribution in [0.2, 0.25) is 0 Å². The zero-order valence-electron chi connectivity index (χ0n) is 15.8. The van der Waals surface area contributed by atoms with Gasteiger partial charge in [0.2, 0.25) is 0 Å². The summed E-state index contributed by atoms with van der Waals surface area (Å²) >= 11 is 0.